The average molecular weight is 650 g/mol. The Kier molecular flexibility index (Phi) is 7.50. The Hall–Kier alpha value is -4.39. The van der Waals surface area contributed by atoms with E-state index in [1.807, 2.05) is 55.5 Å². The van der Waals surface area contributed by atoms with E-state index in [-0.39, 0.29) is 0 Å². The number of aromatic nitrogens is 4. The highest BCUT2D eigenvalue weighted by atomic mass is 16.8. The lowest BCUT2D eigenvalue weighted by Crippen LogP contribution is -2.52. The third-order valence-electron chi connectivity index (χ3n) is 10.3. The van der Waals surface area contributed by atoms with Crippen LogP contribution >= 0.6 is 0 Å². The first-order chi connectivity index (χ1) is 23.4. The second-order valence-electron chi connectivity index (χ2n) is 13.1. The summed E-state index contributed by atoms with van der Waals surface area (Å²) in [5, 5.41) is 25.0. The molecule has 0 amide bonds. The first kappa shape index (κ1) is 30.9. The second-order valence-corrected chi connectivity index (χ2v) is 13.1. The molecule has 4 heterocycles. The van der Waals surface area contributed by atoms with Crippen LogP contribution in [0.25, 0.3) is 11.2 Å². The van der Waals surface area contributed by atoms with E-state index in [2.05, 4.69) is 46.7 Å². The van der Waals surface area contributed by atoms with E-state index in [9.17, 15) is 10.2 Å². The van der Waals surface area contributed by atoms with E-state index in [1.54, 1.807) is 18.0 Å². The molecule has 5 aromatic rings. The Morgan fingerprint density at radius 1 is 0.854 bits per heavy atom. The van der Waals surface area contributed by atoms with Gasteiger partial charge >= 0.3 is 0 Å². The van der Waals surface area contributed by atoms with Gasteiger partial charge in [-0.05, 0) is 48.6 Å². The van der Waals surface area contributed by atoms with Crippen LogP contribution < -0.4 is 10.1 Å². The van der Waals surface area contributed by atoms with Crippen LogP contribution in [0.15, 0.2) is 97.6 Å². The highest BCUT2D eigenvalue weighted by Crippen LogP contribution is 2.58. The summed E-state index contributed by atoms with van der Waals surface area (Å²) < 4.78 is 27.2. The minimum atomic E-state index is -1.37. The summed E-state index contributed by atoms with van der Waals surface area (Å²) in [4.78, 5) is 14.3. The maximum Gasteiger partial charge on any atom is 0.170 e. The number of rotatable bonds is 9. The van der Waals surface area contributed by atoms with Gasteiger partial charge in [-0.1, -0.05) is 72.8 Å². The lowest BCUT2D eigenvalue weighted by molar-refractivity contribution is -0.255. The van der Waals surface area contributed by atoms with Gasteiger partial charge in [0.05, 0.1) is 26.7 Å². The van der Waals surface area contributed by atoms with Gasteiger partial charge in [-0.25, -0.2) is 15.0 Å². The Bertz CT molecular complexity index is 1850. The molecule has 3 aliphatic rings. The number of aliphatic hydroxyl groups excluding tert-OH is 2. The van der Waals surface area contributed by atoms with Crippen molar-refractivity contribution in [2.75, 3.05) is 25.6 Å². The molecule has 1 saturated carbocycles. The molecule has 2 aromatic heterocycles. The van der Waals surface area contributed by atoms with Gasteiger partial charge in [-0.15, -0.1) is 0 Å². The van der Waals surface area contributed by atoms with Crippen molar-refractivity contribution >= 4 is 17.0 Å². The first-order valence-corrected chi connectivity index (χ1v) is 16.4. The molecule has 0 unspecified atom stereocenters. The summed E-state index contributed by atoms with van der Waals surface area (Å²) in [5.74, 6) is 0.478. The molecule has 0 radical (unpaired) electrons. The van der Waals surface area contributed by atoms with Crippen LogP contribution in [0.1, 0.15) is 55.5 Å². The maximum atomic E-state index is 10.6. The molecule has 1 spiro atoms. The SMILES string of the molecule is COc1ccc(C(Nc2ncnc3c2ncn3[C@@H]2OC(CO)(CO)[C@H]3OC4(CCCC4)O[C@]32C)(c2ccccc2)c2ccccc2)cc1. The fourth-order valence-electron chi connectivity index (χ4n) is 8.00. The Labute approximate surface area is 278 Å². The molecule has 3 aromatic carbocycles. The summed E-state index contributed by atoms with van der Waals surface area (Å²) >= 11 is 0. The molecular formula is C37H39N5O6. The number of nitrogens with zero attached hydrogens (tertiary/aromatic N) is 4. The number of anilines is 1. The van der Waals surface area contributed by atoms with Crippen LogP contribution in [0.2, 0.25) is 0 Å². The van der Waals surface area contributed by atoms with Crippen LogP contribution in [0.5, 0.6) is 5.75 Å². The van der Waals surface area contributed by atoms with Crippen molar-refractivity contribution in [3.8, 4) is 5.75 Å². The predicted molar refractivity (Wildman–Crippen MR) is 177 cm³/mol. The Morgan fingerprint density at radius 2 is 1.48 bits per heavy atom. The number of hydrogen-bond donors (Lipinski definition) is 3. The Balaban J connectivity index is 1.27. The minimum Gasteiger partial charge on any atom is -0.497 e. The van der Waals surface area contributed by atoms with Crippen LogP contribution in [0, 0.1) is 0 Å². The molecule has 3 atom stereocenters. The summed E-state index contributed by atoms with van der Waals surface area (Å²) in [6.07, 6.45) is 5.10. The van der Waals surface area contributed by atoms with Crippen molar-refractivity contribution in [1.29, 1.82) is 0 Å². The average Bonchev–Trinajstić information content (AvgIpc) is 3.90. The standard InChI is InChI=1S/C37H39N5O6/c1-34-32(46-36(48-34)19-9-10-20-36)35(21-43,22-44)47-33(34)42-24-40-29-30(38-23-39-31(29)42)41-37(25-11-5-3-6-12-25,26-13-7-4-8-14-26)27-15-17-28(45-2)18-16-27/h3-8,11-18,23-24,32-33,43-44H,9-10,19-22H2,1-2H3,(H,38,39,41)/t32-,33+,34+/m0/s1. The Morgan fingerprint density at radius 3 is 2.08 bits per heavy atom. The molecule has 3 fully saturated rings. The molecule has 11 nitrogen and oxygen atoms in total. The number of aliphatic hydroxyl groups is 2. The van der Waals surface area contributed by atoms with Gasteiger partial charge in [0.1, 0.15) is 34.9 Å². The summed E-state index contributed by atoms with van der Waals surface area (Å²) in [7, 11) is 1.65. The van der Waals surface area contributed by atoms with Crippen LogP contribution in [0.4, 0.5) is 5.82 Å². The fraction of sp³-hybridized carbons (Fsp3) is 0.378. The van der Waals surface area contributed by atoms with Gasteiger partial charge in [-0.2, -0.15) is 0 Å². The summed E-state index contributed by atoms with van der Waals surface area (Å²) in [6.45, 7) is 1.05. The van der Waals surface area contributed by atoms with E-state index in [1.165, 1.54) is 6.33 Å². The van der Waals surface area contributed by atoms with Crippen LogP contribution in [-0.4, -0.2) is 73.1 Å². The zero-order valence-corrected chi connectivity index (χ0v) is 27.0. The number of hydrogen-bond acceptors (Lipinski definition) is 10. The van der Waals surface area contributed by atoms with Crippen molar-refractivity contribution in [2.45, 2.75) is 67.5 Å². The van der Waals surface area contributed by atoms with E-state index >= 15 is 0 Å². The van der Waals surface area contributed by atoms with Crippen molar-refractivity contribution in [1.82, 2.24) is 19.5 Å². The third kappa shape index (κ3) is 4.56. The second kappa shape index (κ2) is 11.6. The highest BCUT2D eigenvalue weighted by molar-refractivity contribution is 5.84. The molecule has 1 aliphatic carbocycles. The van der Waals surface area contributed by atoms with E-state index in [4.69, 9.17) is 28.9 Å². The van der Waals surface area contributed by atoms with E-state index < -0.39 is 48.1 Å². The zero-order valence-electron chi connectivity index (χ0n) is 27.0. The molecule has 2 aliphatic heterocycles. The summed E-state index contributed by atoms with van der Waals surface area (Å²) in [5.41, 5.74) is 0.683. The normalized spacial score (nSPS) is 24.2. The molecule has 8 rings (SSSR count). The van der Waals surface area contributed by atoms with E-state index in [0.29, 0.717) is 17.0 Å². The van der Waals surface area contributed by atoms with Gasteiger partial charge in [0, 0.05) is 12.8 Å². The lowest BCUT2D eigenvalue weighted by atomic mass is 9.77. The molecule has 2 saturated heterocycles. The molecule has 48 heavy (non-hydrogen) atoms. The van der Waals surface area contributed by atoms with Gasteiger partial charge in [0.15, 0.2) is 29.0 Å². The topological polar surface area (TPSA) is 133 Å². The monoisotopic (exact) mass is 649 g/mol. The van der Waals surface area contributed by atoms with Gasteiger partial charge in [0.2, 0.25) is 0 Å². The number of methoxy groups -OCH3 is 1. The predicted octanol–water partition coefficient (Wildman–Crippen LogP) is 4.94. The van der Waals surface area contributed by atoms with Crippen molar-refractivity contribution < 1.29 is 29.2 Å². The number of benzene rings is 3. The number of fused-ring (bicyclic) bond motifs is 2. The number of nitrogens with one attached hydrogen (secondary N) is 1. The number of imidazole rings is 1. The van der Waals surface area contributed by atoms with Crippen molar-refractivity contribution in [3.63, 3.8) is 0 Å². The quantitative estimate of drug-likeness (QED) is 0.189. The lowest BCUT2D eigenvalue weighted by Gasteiger charge is -2.37. The van der Waals surface area contributed by atoms with Crippen molar-refractivity contribution in [2.24, 2.45) is 0 Å². The zero-order chi connectivity index (χ0) is 33.0. The first-order valence-electron chi connectivity index (χ1n) is 16.4. The minimum absolute atomic E-state index is 0.438. The molecule has 0 bridgehead atoms. The van der Waals surface area contributed by atoms with Crippen LogP contribution in [-0.2, 0) is 19.7 Å². The third-order valence-corrected chi connectivity index (χ3v) is 10.3. The van der Waals surface area contributed by atoms with Gasteiger partial charge < -0.3 is 34.5 Å². The van der Waals surface area contributed by atoms with Crippen molar-refractivity contribution in [3.05, 3.63) is 114 Å². The highest BCUT2D eigenvalue weighted by Gasteiger charge is 2.72. The summed E-state index contributed by atoms with van der Waals surface area (Å²) in [6, 6.07) is 28.4. The van der Waals surface area contributed by atoms with Gasteiger partial charge in [-0.3, -0.25) is 4.57 Å². The van der Waals surface area contributed by atoms with Crippen LogP contribution in [0.3, 0.4) is 0 Å². The maximum absolute atomic E-state index is 10.6. The molecule has 248 valence electrons. The van der Waals surface area contributed by atoms with E-state index in [0.717, 1.165) is 48.1 Å². The fourth-order valence-corrected chi connectivity index (χ4v) is 8.00. The number of ether oxygens (including phenoxy) is 4. The molecular weight excluding hydrogens is 610 g/mol. The van der Waals surface area contributed by atoms with Gasteiger partial charge in [0.25, 0.3) is 0 Å². The molecule has 11 heteroatoms. The molecule has 3 N–H and O–H groups in total. The largest absolute Gasteiger partial charge is 0.497 e. The smallest absolute Gasteiger partial charge is 0.170 e.